The Morgan fingerprint density at radius 3 is 3.08 bits per heavy atom. The minimum absolute atomic E-state index is 0.209. The summed E-state index contributed by atoms with van der Waals surface area (Å²) in [5, 5.41) is 2.58. The van der Waals surface area contributed by atoms with E-state index in [-0.39, 0.29) is 11.8 Å². The first kappa shape index (κ1) is 17.2. The van der Waals surface area contributed by atoms with Crippen LogP contribution in [-0.4, -0.2) is 59.2 Å². The number of hydrogen-bond donors (Lipinski definition) is 1. The van der Waals surface area contributed by atoms with Crippen molar-refractivity contribution in [2.45, 2.75) is 13.3 Å². The zero-order valence-electron chi connectivity index (χ0n) is 14.5. The van der Waals surface area contributed by atoms with E-state index in [1.807, 2.05) is 13.0 Å². The van der Waals surface area contributed by atoms with E-state index in [1.54, 1.807) is 19.3 Å². The predicted molar refractivity (Wildman–Crippen MR) is 92.4 cm³/mol. The Labute approximate surface area is 146 Å². The maximum absolute atomic E-state index is 11.7. The van der Waals surface area contributed by atoms with E-state index >= 15 is 0 Å². The van der Waals surface area contributed by atoms with Crippen molar-refractivity contribution < 1.29 is 9.53 Å². The lowest BCUT2D eigenvalue weighted by atomic mass is 10.0. The molecule has 0 aliphatic carbocycles. The fourth-order valence-corrected chi connectivity index (χ4v) is 2.89. The Bertz CT molecular complexity index is 739. The molecular formula is C17H22N6O2. The van der Waals surface area contributed by atoms with Gasteiger partial charge in [0.1, 0.15) is 23.7 Å². The van der Waals surface area contributed by atoms with Gasteiger partial charge in [0, 0.05) is 37.9 Å². The zero-order valence-corrected chi connectivity index (χ0v) is 14.5. The van der Waals surface area contributed by atoms with Crippen LogP contribution in [-0.2, 0) is 11.2 Å². The molecule has 0 aromatic carbocycles. The molecule has 0 saturated carbocycles. The fourth-order valence-electron chi connectivity index (χ4n) is 2.89. The Morgan fingerprint density at radius 1 is 1.40 bits per heavy atom. The van der Waals surface area contributed by atoms with Crippen LogP contribution < -0.4 is 10.2 Å². The third kappa shape index (κ3) is 4.48. The van der Waals surface area contributed by atoms with Crippen LogP contribution in [0.3, 0.4) is 0 Å². The summed E-state index contributed by atoms with van der Waals surface area (Å²) in [5.74, 6) is 1.71. The second-order valence-corrected chi connectivity index (χ2v) is 6.03. The van der Waals surface area contributed by atoms with E-state index in [2.05, 4.69) is 30.2 Å². The topological polar surface area (TPSA) is 93.1 Å². The molecule has 8 heteroatoms. The second-order valence-electron chi connectivity index (χ2n) is 6.03. The van der Waals surface area contributed by atoms with E-state index < -0.39 is 0 Å². The number of hydrogen-bond acceptors (Lipinski definition) is 7. The zero-order chi connectivity index (χ0) is 17.6. The molecule has 2 aromatic rings. The van der Waals surface area contributed by atoms with Crippen LogP contribution in [0.2, 0.25) is 0 Å². The van der Waals surface area contributed by atoms with Crippen molar-refractivity contribution in [3.05, 3.63) is 41.9 Å². The molecule has 1 saturated heterocycles. The van der Waals surface area contributed by atoms with Gasteiger partial charge < -0.3 is 15.0 Å². The third-order valence-electron chi connectivity index (χ3n) is 4.10. The van der Waals surface area contributed by atoms with Gasteiger partial charge in [-0.05, 0) is 25.5 Å². The summed E-state index contributed by atoms with van der Waals surface area (Å²) in [6, 6.07) is 3.66. The molecule has 1 N–H and O–H groups in total. The summed E-state index contributed by atoms with van der Waals surface area (Å²) in [4.78, 5) is 30.9. The molecule has 2 aromatic heterocycles. The molecule has 0 radical (unpaired) electrons. The van der Waals surface area contributed by atoms with Crippen LogP contribution in [0.5, 0.6) is 0 Å². The lowest BCUT2D eigenvalue weighted by Crippen LogP contribution is -2.32. The van der Waals surface area contributed by atoms with Gasteiger partial charge >= 0.3 is 0 Å². The van der Waals surface area contributed by atoms with Crippen LogP contribution in [0, 0.1) is 12.8 Å². The van der Waals surface area contributed by atoms with Crippen LogP contribution in [0.1, 0.15) is 22.0 Å². The minimum atomic E-state index is -0.209. The Morgan fingerprint density at radius 2 is 2.28 bits per heavy atom. The van der Waals surface area contributed by atoms with E-state index in [0.29, 0.717) is 25.3 Å². The van der Waals surface area contributed by atoms with Gasteiger partial charge in [0.2, 0.25) is 0 Å². The lowest BCUT2D eigenvalue weighted by molar-refractivity contribution is 0.0957. The van der Waals surface area contributed by atoms with E-state index in [4.69, 9.17) is 4.74 Å². The molecule has 3 heterocycles. The molecule has 1 aliphatic rings. The number of anilines is 1. The standard InChI is InChI=1S/C17H22N6O2/c1-12-19-4-3-16(22-12)23-5-6-25-10-13(9-23)7-14-8-15(17(24)18-2)21-11-20-14/h3-4,8,11,13H,5-7,9-10H2,1-2H3,(H,18,24). The van der Waals surface area contributed by atoms with Gasteiger partial charge in [0.15, 0.2) is 0 Å². The molecule has 1 unspecified atom stereocenters. The molecule has 25 heavy (non-hydrogen) atoms. The van der Waals surface area contributed by atoms with Gasteiger partial charge in [-0.2, -0.15) is 0 Å². The fraction of sp³-hybridized carbons (Fsp3) is 0.471. The number of carbonyl (C=O) groups is 1. The van der Waals surface area contributed by atoms with Crippen molar-refractivity contribution in [1.29, 1.82) is 0 Å². The SMILES string of the molecule is CNC(=O)c1cc(CC2COCCN(c3ccnc(C)n3)C2)ncn1. The summed E-state index contributed by atoms with van der Waals surface area (Å²) >= 11 is 0. The largest absolute Gasteiger partial charge is 0.379 e. The molecule has 0 spiro atoms. The molecule has 132 valence electrons. The van der Waals surface area contributed by atoms with Gasteiger partial charge in [-0.15, -0.1) is 0 Å². The highest BCUT2D eigenvalue weighted by Crippen LogP contribution is 2.18. The Balaban J connectivity index is 1.72. The lowest BCUT2D eigenvalue weighted by Gasteiger charge is -2.24. The highest BCUT2D eigenvalue weighted by atomic mass is 16.5. The first-order chi connectivity index (χ1) is 12.2. The van der Waals surface area contributed by atoms with Crippen LogP contribution in [0.25, 0.3) is 0 Å². The van der Waals surface area contributed by atoms with Gasteiger partial charge in [0.05, 0.1) is 13.2 Å². The van der Waals surface area contributed by atoms with Gasteiger partial charge in [-0.3, -0.25) is 4.79 Å². The second kappa shape index (κ2) is 7.98. The number of amides is 1. The first-order valence-corrected chi connectivity index (χ1v) is 8.31. The maximum atomic E-state index is 11.7. The maximum Gasteiger partial charge on any atom is 0.269 e. The van der Waals surface area contributed by atoms with Crippen molar-refractivity contribution in [1.82, 2.24) is 25.3 Å². The number of ether oxygens (including phenoxy) is 1. The minimum Gasteiger partial charge on any atom is -0.379 e. The quantitative estimate of drug-likeness (QED) is 0.871. The van der Waals surface area contributed by atoms with Crippen LogP contribution >= 0.6 is 0 Å². The first-order valence-electron chi connectivity index (χ1n) is 8.31. The van der Waals surface area contributed by atoms with Crippen molar-refractivity contribution in [3.63, 3.8) is 0 Å². The highest BCUT2D eigenvalue weighted by Gasteiger charge is 2.21. The smallest absolute Gasteiger partial charge is 0.269 e. The summed E-state index contributed by atoms with van der Waals surface area (Å²) < 4.78 is 5.75. The number of nitrogens with one attached hydrogen (secondary N) is 1. The molecule has 0 bridgehead atoms. The van der Waals surface area contributed by atoms with Crippen molar-refractivity contribution >= 4 is 11.7 Å². The molecule has 1 aliphatic heterocycles. The molecule has 1 amide bonds. The van der Waals surface area contributed by atoms with Gasteiger partial charge in [-0.25, -0.2) is 19.9 Å². The normalized spacial score (nSPS) is 17.8. The third-order valence-corrected chi connectivity index (χ3v) is 4.10. The number of rotatable bonds is 4. The number of carbonyl (C=O) groups excluding carboxylic acids is 1. The number of aromatic nitrogens is 4. The van der Waals surface area contributed by atoms with Crippen LogP contribution in [0.15, 0.2) is 24.7 Å². The van der Waals surface area contributed by atoms with Gasteiger partial charge in [-0.1, -0.05) is 0 Å². The Hall–Kier alpha value is -2.61. The highest BCUT2D eigenvalue weighted by molar-refractivity contribution is 5.91. The number of aryl methyl sites for hydroxylation is 1. The predicted octanol–water partition coefficient (Wildman–Crippen LogP) is 0.630. The molecule has 1 fully saturated rings. The van der Waals surface area contributed by atoms with Crippen molar-refractivity contribution in [2.24, 2.45) is 5.92 Å². The molecule has 1 atom stereocenters. The van der Waals surface area contributed by atoms with Crippen molar-refractivity contribution in [3.8, 4) is 0 Å². The molecule has 3 rings (SSSR count). The summed E-state index contributed by atoms with van der Waals surface area (Å²) in [6.45, 7) is 4.80. The van der Waals surface area contributed by atoms with E-state index in [9.17, 15) is 4.79 Å². The summed E-state index contributed by atoms with van der Waals surface area (Å²) in [7, 11) is 1.59. The van der Waals surface area contributed by atoms with E-state index in [0.717, 1.165) is 30.4 Å². The molecule has 8 nitrogen and oxygen atoms in total. The van der Waals surface area contributed by atoms with Gasteiger partial charge in [0.25, 0.3) is 5.91 Å². The monoisotopic (exact) mass is 342 g/mol. The summed E-state index contributed by atoms with van der Waals surface area (Å²) in [5.41, 5.74) is 1.22. The Kier molecular flexibility index (Phi) is 5.49. The molecular weight excluding hydrogens is 320 g/mol. The number of nitrogens with zero attached hydrogens (tertiary/aromatic N) is 5. The average molecular weight is 342 g/mol. The van der Waals surface area contributed by atoms with Crippen LogP contribution in [0.4, 0.5) is 5.82 Å². The van der Waals surface area contributed by atoms with E-state index in [1.165, 1.54) is 6.33 Å². The van der Waals surface area contributed by atoms with Crippen molar-refractivity contribution in [2.75, 3.05) is 38.3 Å². The summed E-state index contributed by atoms with van der Waals surface area (Å²) in [6.07, 6.45) is 3.93. The average Bonchev–Trinajstić information content (AvgIpc) is 2.87.